The second-order valence-electron chi connectivity index (χ2n) is 5.99. The van der Waals surface area contributed by atoms with Crippen molar-refractivity contribution < 1.29 is 14.3 Å². The van der Waals surface area contributed by atoms with E-state index in [4.69, 9.17) is 12.2 Å². The fourth-order valence-corrected chi connectivity index (χ4v) is 4.01. The molecule has 0 saturated carbocycles. The van der Waals surface area contributed by atoms with Gasteiger partial charge in [0.2, 0.25) is 0 Å². The molecule has 138 valence electrons. The average molecular weight is 384 g/mol. The molecule has 1 aliphatic rings. The number of hydrogen-bond acceptors (Lipinski definition) is 5. The van der Waals surface area contributed by atoms with Gasteiger partial charge in [-0.1, -0.05) is 12.8 Å². The van der Waals surface area contributed by atoms with Crippen molar-refractivity contribution in [1.82, 2.24) is 16.2 Å². The van der Waals surface area contributed by atoms with Crippen LogP contribution in [0.3, 0.4) is 0 Å². The number of hydrazine groups is 1. The summed E-state index contributed by atoms with van der Waals surface area (Å²) in [7, 11) is 1.36. The van der Waals surface area contributed by atoms with E-state index in [0.29, 0.717) is 29.4 Å². The summed E-state index contributed by atoms with van der Waals surface area (Å²) in [5.74, 6) is -0.419. The van der Waals surface area contributed by atoms with Gasteiger partial charge in [-0.2, -0.15) is 0 Å². The van der Waals surface area contributed by atoms with Crippen LogP contribution < -0.4 is 16.2 Å². The summed E-state index contributed by atoms with van der Waals surface area (Å²) < 4.78 is 4.56. The number of hydrogen-bond donors (Lipinski definition) is 3. The Bertz CT molecular complexity index is 591. The lowest BCUT2D eigenvalue weighted by Gasteiger charge is -2.10. The number of amides is 1. The fraction of sp³-hybridized carbons (Fsp3) is 0.588. The van der Waals surface area contributed by atoms with Crippen molar-refractivity contribution in [2.75, 3.05) is 13.7 Å². The molecule has 0 radical (unpaired) electrons. The number of rotatable bonds is 5. The van der Waals surface area contributed by atoms with Crippen LogP contribution in [0.2, 0.25) is 0 Å². The van der Waals surface area contributed by atoms with Crippen LogP contribution in [0.5, 0.6) is 0 Å². The van der Waals surface area contributed by atoms with E-state index < -0.39 is 0 Å². The lowest BCUT2D eigenvalue weighted by Crippen LogP contribution is -2.46. The zero-order chi connectivity index (χ0) is 18.1. The maximum Gasteiger partial charge on any atom is 0.305 e. The van der Waals surface area contributed by atoms with Crippen LogP contribution in [0, 0.1) is 0 Å². The average Bonchev–Trinajstić information content (AvgIpc) is 2.98. The smallest absolute Gasteiger partial charge is 0.305 e. The molecule has 8 heteroatoms. The highest BCUT2D eigenvalue weighted by molar-refractivity contribution is 7.80. The van der Waals surface area contributed by atoms with E-state index in [1.165, 1.54) is 43.2 Å². The van der Waals surface area contributed by atoms with Crippen molar-refractivity contribution in [2.24, 2.45) is 0 Å². The molecule has 0 bridgehead atoms. The Hall–Kier alpha value is -1.67. The van der Waals surface area contributed by atoms with E-state index in [-0.39, 0.29) is 11.9 Å². The Morgan fingerprint density at radius 2 is 1.96 bits per heavy atom. The molecule has 0 unspecified atom stereocenters. The van der Waals surface area contributed by atoms with Crippen LogP contribution in [0.15, 0.2) is 6.07 Å². The van der Waals surface area contributed by atoms with Crippen LogP contribution >= 0.6 is 23.6 Å². The van der Waals surface area contributed by atoms with Gasteiger partial charge in [0.05, 0.1) is 12.0 Å². The van der Waals surface area contributed by atoms with E-state index >= 15 is 0 Å². The topological polar surface area (TPSA) is 79.5 Å². The first-order valence-corrected chi connectivity index (χ1v) is 9.85. The van der Waals surface area contributed by atoms with Crippen LogP contribution in [0.25, 0.3) is 0 Å². The number of nitrogens with one attached hydrogen (secondary N) is 3. The van der Waals surface area contributed by atoms with Gasteiger partial charge in [-0.05, 0) is 56.0 Å². The lowest BCUT2D eigenvalue weighted by molar-refractivity contribution is -0.140. The van der Waals surface area contributed by atoms with Crippen molar-refractivity contribution in [2.45, 2.75) is 51.4 Å². The molecule has 0 aliphatic heterocycles. The first-order chi connectivity index (χ1) is 12.1. The van der Waals surface area contributed by atoms with E-state index in [1.807, 2.05) is 6.07 Å². The van der Waals surface area contributed by atoms with Gasteiger partial charge >= 0.3 is 5.97 Å². The summed E-state index contributed by atoms with van der Waals surface area (Å²) in [6, 6.07) is 2.01. The second-order valence-corrected chi connectivity index (χ2v) is 7.53. The number of carbonyl (C=O) groups excluding carboxylic acids is 2. The molecule has 1 aliphatic carbocycles. The predicted molar refractivity (Wildman–Crippen MR) is 103 cm³/mol. The summed E-state index contributed by atoms with van der Waals surface area (Å²) in [5.41, 5.74) is 6.64. The number of aryl methyl sites for hydroxylation is 2. The number of thiocarbonyl (C=S) groups is 1. The Morgan fingerprint density at radius 1 is 1.20 bits per heavy atom. The van der Waals surface area contributed by atoms with E-state index in [0.717, 1.165) is 12.8 Å². The molecule has 25 heavy (non-hydrogen) atoms. The molecule has 0 spiro atoms. The molecular weight excluding hydrogens is 358 g/mol. The van der Waals surface area contributed by atoms with Crippen LogP contribution in [0.1, 0.15) is 58.6 Å². The van der Waals surface area contributed by atoms with Crippen molar-refractivity contribution in [3.05, 3.63) is 21.4 Å². The Kier molecular flexibility index (Phi) is 8.14. The van der Waals surface area contributed by atoms with Gasteiger partial charge in [0.25, 0.3) is 5.91 Å². The van der Waals surface area contributed by atoms with Gasteiger partial charge in [0.1, 0.15) is 0 Å². The third-order valence-corrected chi connectivity index (χ3v) is 5.56. The fourth-order valence-electron chi connectivity index (χ4n) is 2.71. The highest BCUT2D eigenvalue weighted by atomic mass is 32.1. The summed E-state index contributed by atoms with van der Waals surface area (Å²) in [6.45, 7) is 0.532. The minimum atomic E-state index is -0.248. The molecule has 0 fully saturated rings. The van der Waals surface area contributed by atoms with Gasteiger partial charge in [-0.15, -0.1) is 11.3 Å². The van der Waals surface area contributed by atoms with E-state index in [9.17, 15) is 9.59 Å². The molecule has 1 heterocycles. The normalized spacial score (nSPS) is 13.8. The molecular formula is C17H25N3O3S2. The largest absolute Gasteiger partial charge is 0.469 e. The highest BCUT2D eigenvalue weighted by Crippen LogP contribution is 2.28. The molecule has 2 rings (SSSR count). The minimum absolute atomic E-state index is 0.171. The van der Waals surface area contributed by atoms with Crippen molar-refractivity contribution >= 4 is 40.5 Å². The van der Waals surface area contributed by atoms with Crippen LogP contribution in [-0.2, 0) is 22.4 Å². The Labute approximate surface area is 157 Å². The third-order valence-electron chi connectivity index (χ3n) is 4.08. The molecule has 0 atom stereocenters. The number of fused-ring (bicyclic) bond motifs is 1. The maximum absolute atomic E-state index is 12.3. The number of ether oxygens (including phenoxy) is 1. The monoisotopic (exact) mass is 383 g/mol. The first kappa shape index (κ1) is 19.7. The highest BCUT2D eigenvalue weighted by Gasteiger charge is 2.16. The van der Waals surface area contributed by atoms with E-state index in [2.05, 4.69) is 20.9 Å². The Balaban J connectivity index is 1.73. The van der Waals surface area contributed by atoms with Crippen molar-refractivity contribution in [1.29, 1.82) is 0 Å². The van der Waals surface area contributed by atoms with Crippen molar-refractivity contribution in [3.63, 3.8) is 0 Å². The molecule has 1 aromatic heterocycles. The summed E-state index contributed by atoms with van der Waals surface area (Å²) in [4.78, 5) is 25.3. The number of thiophene rings is 1. The number of methoxy groups -OCH3 is 1. The Morgan fingerprint density at radius 3 is 2.72 bits per heavy atom. The molecule has 1 amide bonds. The molecule has 0 aromatic carbocycles. The van der Waals surface area contributed by atoms with Crippen molar-refractivity contribution in [3.8, 4) is 0 Å². The summed E-state index contributed by atoms with van der Waals surface area (Å²) in [6.07, 6.45) is 8.02. The van der Waals surface area contributed by atoms with Gasteiger partial charge in [0.15, 0.2) is 5.11 Å². The zero-order valence-corrected chi connectivity index (χ0v) is 16.1. The summed E-state index contributed by atoms with van der Waals surface area (Å²) in [5, 5.41) is 3.26. The van der Waals surface area contributed by atoms with Gasteiger partial charge < -0.3 is 10.1 Å². The lowest BCUT2D eigenvalue weighted by atomic mass is 10.00. The quantitative estimate of drug-likeness (QED) is 0.314. The second kappa shape index (κ2) is 10.4. The number of esters is 1. The number of carbonyl (C=O) groups is 2. The van der Waals surface area contributed by atoms with Crippen LogP contribution in [0.4, 0.5) is 0 Å². The third kappa shape index (κ3) is 6.62. The predicted octanol–water partition coefficient (Wildman–Crippen LogP) is 2.47. The molecule has 6 nitrogen and oxygen atoms in total. The van der Waals surface area contributed by atoms with Gasteiger partial charge in [-0.3, -0.25) is 20.4 Å². The molecule has 0 saturated heterocycles. The minimum Gasteiger partial charge on any atom is -0.469 e. The summed E-state index contributed by atoms with van der Waals surface area (Å²) >= 11 is 6.68. The molecule has 3 N–H and O–H groups in total. The SMILES string of the molecule is COC(=O)CCCNC(=S)NNC(=O)c1cc2c(s1)CCCCCC2. The molecule has 1 aromatic rings. The standard InChI is InChI=1S/C17H25N3O3S2/c1-23-15(21)9-6-10-18-17(24)20-19-16(22)14-11-12-7-4-2-3-5-8-13(12)25-14/h11H,2-10H2,1H3,(H,19,22)(H2,18,20,24). The maximum atomic E-state index is 12.3. The first-order valence-electron chi connectivity index (χ1n) is 8.62. The van der Waals surface area contributed by atoms with Gasteiger partial charge in [0, 0.05) is 17.8 Å². The van der Waals surface area contributed by atoms with E-state index in [1.54, 1.807) is 11.3 Å². The zero-order valence-electron chi connectivity index (χ0n) is 14.5. The van der Waals surface area contributed by atoms with Gasteiger partial charge in [-0.25, -0.2) is 0 Å². The van der Waals surface area contributed by atoms with Crippen LogP contribution in [-0.4, -0.2) is 30.6 Å².